The highest BCUT2D eigenvalue weighted by Gasteiger charge is 2.03. The standard InChI is InChI=1S/C17H17N3O/c21-12-4-7-16-13-20(19-18-16)17-10-8-15(9-11-17)14-5-2-1-3-6-14/h1-3,5-6,8-11,13,21H,4,7,12H2. The Morgan fingerprint density at radius 1 is 0.905 bits per heavy atom. The Kier molecular flexibility index (Phi) is 4.07. The van der Waals surface area contributed by atoms with Gasteiger partial charge in [0, 0.05) is 6.61 Å². The van der Waals surface area contributed by atoms with Gasteiger partial charge < -0.3 is 5.11 Å². The molecule has 0 unspecified atom stereocenters. The third-order valence-electron chi connectivity index (χ3n) is 3.37. The fraction of sp³-hybridized carbons (Fsp3) is 0.176. The second kappa shape index (κ2) is 6.33. The molecule has 1 heterocycles. The summed E-state index contributed by atoms with van der Waals surface area (Å²) in [5, 5.41) is 17.1. The first-order valence-corrected chi connectivity index (χ1v) is 7.05. The van der Waals surface area contributed by atoms with E-state index in [2.05, 4.69) is 34.6 Å². The van der Waals surface area contributed by atoms with Crippen molar-refractivity contribution in [3.05, 3.63) is 66.5 Å². The topological polar surface area (TPSA) is 50.9 Å². The Morgan fingerprint density at radius 2 is 1.62 bits per heavy atom. The molecule has 0 amide bonds. The van der Waals surface area contributed by atoms with Crippen molar-refractivity contribution in [2.45, 2.75) is 12.8 Å². The van der Waals surface area contributed by atoms with E-state index >= 15 is 0 Å². The molecule has 0 aliphatic heterocycles. The largest absolute Gasteiger partial charge is 0.396 e. The maximum absolute atomic E-state index is 8.84. The maximum atomic E-state index is 8.84. The highest BCUT2D eigenvalue weighted by Crippen LogP contribution is 2.20. The zero-order chi connectivity index (χ0) is 14.5. The third-order valence-corrected chi connectivity index (χ3v) is 3.37. The Bertz CT molecular complexity index is 690. The van der Waals surface area contributed by atoms with Crippen LogP contribution in [-0.4, -0.2) is 26.7 Å². The van der Waals surface area contributed by atoms with Gasteiger partial charge in [0.25, 0.3) is 0 Å². The zero-order valence-corrected chi connectivity index (χ0v) is 11.7. The Balaban J connectivity index is 1.79. The number of rotatable bonds is 5. The Hall–Kier alpha value is -2.46. The van der Waals surface area contributed by atoms with Gasteiger partial charge in [-0.2, -0.15) is 0 Å². The molecule has 106 valence electrons. The molecule has 0 saturated carbocycles. The minimum Gasteiger partial charge on any atom is -0.396 e. The summed E-state index contributed by atoms with van der Waals surface area (Å²) in [6.45, 7) is 0.179. The van der Waals surface area contributed by atoms with E-state index in [1.54, 1.807) is 4.68 Å². The van der Waals surface area contributed by atoms with Gasteiger partial charge in [-0.05, 0) is 36.1 Å². The smallest absolute Gasteiger partial charge is 0.0832 e. The molecule has 1 N–H and O–H groups in total. The monoisotopic (exact) mass is 279 g/mol. The molecule has 0 spiro atoms. The van der Waals surface area contributed by atoms with Crippen molar-refractivity contribution in [2.24, 2.45) is 0 Å². The number of aromatic nitrogens is 3. The van der Waals surface area contributed by atoms with Gasteiger partial charge >= 0.3 is 0 Å². The molecule has 1 aromatic heterocycles. The van der Waals surface area contributed by atoms with Gasteiger partial charge in [0.1, 0.15) is 0 Å². The number of benzene rings is 2. The molecule has 0 fully saturated rings. The first-order chi connectivity index (χ1) is 10.4. The molecule has 4 nitrogen and oxygen atoms in total. The molecule has 2 aromatic carbocycles. The molecule has 3 aromatic rings. The molecule has 21 heavy (non-hydrogen) atoms. The van der Waals surface area contributed by atoms with E-state index in [4.69, 9.17) is 5.11 Å². The van der Waals surface area contributed by atoms with Crippen molar-refractivity contribution in [1.29, 1.82) is 0 Å². The molecule has 3 rings (SSSR count). The first kappa shape index (κ1) is 13.5. The van der Waals surface area contributed by atoms with Gasteiger partial charge in [0.05, 0.1) is 17.6 Å². The minimum atomic E-state index is 0.179. The van der Waals surface area contributed by atoms with E-state index in [-0.39, 0.29) is 6.61 Å². The lowest BCUT2D eigenvalue weighted by Crippen LogP contribution is -1.94. The summed E-state index contributed by atoms with van der Waals surface area (Å²) in [5.74, 6) is 0. The number of aliphatic hydroxyl groups is 1. The number of aryl methyl sites for hydroxylation is 1. The second-order valence-corrected chi connectivity index (χ2v) is 4.89. The first-order valence-electron chi connectivity index (χ1n) is 7.05. The summed E-state index contributed by atoms with van der Waals surface area (Å²) in [6.07, 6.45) is 3.37. The normalized spacial score (nSPS) is 10.7. The summed E-state index contributed by atoms with van der Waals surface area (Å²) in [5.41, 5.74) is 4.26. The number of hydrogen-bond acceptors (Lipinski definition) is 3. The van der Waals surface area contributed by atoms with Crippen LogP contribution in [0.4, 0.5) is 0 Å². The van der Waals surface area contributed by atoms with Gasteiger partial charge in [0.15, 0.2) is 0 Å². The van der Waals surface area contributed by atoms with Crippen LogP contribution in [0.3, 0.4) is 0 Å². The molecule has 4 heteroatoms. The van der Waals surface area contributed by atoms with Crippen LogP contribution >= 0.6 is 0 Å². The van der Waals surface area contributed by atoms with E-state index < -0.39 is 0 Å². The van der Waals surface area contributed by atoms with Gasteiger partial charge in [-0.15, -0.1) is 5.10 Å². The highest BCUT2D eigenvalue weighted by atomic mass is 16.2. The average Bonchev–Trinajstić information content (AvgIpc) is 3.03. The van der Waals surface area contributed by atoms with E-state index in [1.807, 2.05) is 36.5 Å². The van der Waals surface area contributed by atoms with Crippen LogP contribution in [0.5, 0.6) is 0 Å². The quantitative estimate of drug-likeness (QED) is 0.781. The van der Waals surface area contributed by atoms with Crippen molar-refractivity contribution in [1.82, 2.24) is 15.0 Å². The molecule has 0 radical (unpaired) electrons. The van der Waals surface area contributed by atoms with E-state index in [1.165, 1.54) is 11.1 Å². The van der Waals surface area contributed by atoms with Crippen molar-refractivity contribution < 1.29 is 5.11 Å². The van der Waals surface area contributed by atoms with E-state index in [0.717, 1.165) is 17.8 Å². The molecule has 0 bridgehead atoms. The number of hydrogen-bond donors (Lipinski definition) is 1. The summed E-state index contributed by atoms with van der Waals surface area (Å²) in [6, 6.07) is 18.5. The molecule has 0 saturated heterocycles. The SMILES string of the molecule is OCCCc1cn(-c2ccc(-c3ccccc3)cc2)nn1. The lowest BCUT2D eigenvalue weighted by molar-refractivity contribution is 0.288. The van der Waals surface area contributed by atoms with E-state index in [9.17, 15) is 0 Å². The fourth-order valence-electron chi connectivity index (χ4n) is 2.24. The number of aliphatic hydroxyl groups excluding tert-OH is 1. The van der Waals surface area contributed by atoms with Crippen LogP contribution < -0.4 is 0 Å². The van der Waals surface area contributed by atoms with Gasteiger partial charge in [-0.1, -0.05) is 47.7 Å². The fourth-order valence-corrected chi connectivity index (χ4v) is 2.24. The summed E-state index contributed by atoms with van der Waals surface area (Å²) < 4.78 is 1.77. The summed E-state index contributed by atoms with van der Waals surface area (Å²) >= 11 is 0. The third kappa shape index (κ3) is 3.17. The Morgan fingerprint density at radius 3 is 2.33 bits per heavy atom. The van der Waals surface area contributed by atoms with Crippen LogP contribution in [-0.2, 0) is 6.42 Å². The summed E-state index contributed by atoms with van der Waals surface area (Å²) in [4.78, 5) is 0. The summed E-state index contributed by atoms with van der Waals surface area (Å²) in [7, 11) is 0. The van der Waals surface area contributed by atoms with Gasteiger partial charge in [0.2, 0.25) is 0 Å². The van der Waals surface area contributed by atoms with Crippen molar-refractivity contribution in [3.63, 3.8) is 0 Å². The number of nitrogens with zero attached hydrogens (tertiary/aromatic N) is 3. The average molecular weight is 279 g/mol. The lowest BCUT2D eigenvalue weighted by atomic mass is 10.1. The highest BCUT2D eigenvalue weighted by molar-refractivity contribution is 5.64. The molecule has 0 aliphatic rings. The Labute approximate surface area is 123 Å². The second-order valence-electron chi connectivity index (χ2n) is 4.89. The van der Waals surface area contributed by atoms with Crippen molar-refractivity contribution >= 4 is 0 Å². The van der Waals surface area contributed by atoms with Gasteiger partial charge in [-0.3, -0.25) is 0 Å². The van der Waals surface area contributed by atoms with E-state index in [0.29, 0.717) is 6.42 Å². The van der Waals surface area contributed by atoms with Crippen LogP contribution in [0.2, 0.25) is 0 Å². The van der Waals surface area contributed by atoms with Gasteiger partial charge in [-0.25, -0.2) is 4.68 Å². The molecular weight excluding hydrogens is 262 g/mol. The van der Waals surface area contributed by atoms with Crippen LogP contribution in [0.1, 0.15) is 12.1 Å². The lowest BCUT2D eigenvalue weighted by Gasteiger charge is -2.03. The maximum Gasteiger partial charge on any atom is 0.0832 e. The van der Waals surface area contributed by atoms with Crippen LogP contribution in [0.25, 0.3) is 16.8 Å². The van der Waals surface area contributed by atoms with Crippen LogP contribution in [0, 0.1) is 0 Å². The minimum absolute atomic E-state index is 0.179. The molecular formula is C17H17N3O. The van der Waals surface area contributed by atoms with Crippen molar-refractivity contribution in [2.75, 3.05) is 6.61 Å². The predicted octanol–water partition coefficient (Wildman–Crippen LogP) is 2.86. The molecule has 0 atom stereocenters. The molecule has 0 aliphatic carbocycles. The predicted molar refractivity (Wildman–Crippen MR) is 82.2 cm³/mol. The van der Waals surface area contributed by atoms with Crippen molar-refractivity contribution in [3.8, 4) is 16.8 Å². The zero-order valence-electron chi connectivity index (χ0n) is 11.7. The van der Waals surface area contributed by atoms with Crippen LogP contribution in [0.15, 0.2) is 60.8 Å².